The van der Waals surface area contributed by atoms with Crippen molar-refractivity contribution in [2.75, 3.05) is 18.6 Å². The third-order valence-corrected chi connectivity index (χ3v) is 11.2. The molecule has 2 aliphatic rings. The minimum Gasteiger partial charge on any atom is -0.508 e. The second-order valence-corrected chi connectivity index (χ2v) is 14.5. The average molecular weight is 733 g/mol. The Morgan fingerprint density at radius 1 is 0.830 bits per heavy atom. The number of thiocarbonyl (C=S) groups is 1. The van der Waals surface area contributed by atoms with Gasteiger partial charge in [-0.15, -0.1) is 0 Å². The Morgan fingerprint density at radius 3 is 2.15 bits per heavy atom. The van der Waals surface area contributed by atoms with E-state index in [1.165, 1.54) is 12.1 Å². The van der Waals surface area contributed by atoms with Crippen LogP contribution in [0.15, 0.2) is 121 Å². The van der Waals surface area contributed by atoms with Gasteiger partial charge in [0.1, 0.15) is 11.6 Å². The van der Waals surface area contributed by atoms with Crippen LogP contribution in [0.25, 0.3) is 22.3 Å². The Hall–Kier alpha value is -4.64. The first-order chi connectivity index (χ1) is 25.7. The number of hydrogen-bond donors (Lipinski definition) is 4. The van der Waals surface area contributed by atoms with Gasteiger partial charge in [0.15, 0.2) is 5.11 Å². The maximum atomic E-state index is 13.5. The van der Waals surface area contributed by atoms with Crippen LogP contribution in [0.1, 0.15) is 67.0 Å². The number of rotatable bonds is 11. The number of nitrogens with zero attached hydrogens (tertiary/aromatic N) is 2. The number of halogens is 1. The minimum atomic E-state index is -0.723. The highest BCUT2D eigenvalue weighted by Crippen LogP contribution is 2.45. The summed E-state index contributed by atoms with van der Waals surface area (Å²) in [5, 5.41) is 43.2. The number of benzene rings is 5. The minimum absolute atomic E-state index is 0.110. The highest BCUT2D eigenvalue weighted by molar-refractivity contribution is 7.80. The molecular weight excluding hydrogens is 688 g/mol. The summed E-state index contributed by atoms with van der Waals surface area (Å²) in [4.78, 5) is 4.21. The fourth-order valence-electron chi connectivity index (χ4n) is 7.79. The van der Waals surface area contributed by atoms with E-state index in [2.05, 4.69) is 46.2 Å². The van der Waals surface area contributed by atoms with Gasteiger partial charge in [-0.2, -0.15) is 0 Å². The zero-order valence-corrected chi connectivity index (χ0v) is 30.4. The number of phenols is 1. The standard InChI is InChI=1S/C44H45FN2O5S/c1-46-39(8-5-9-40(50)31-14-19-34(45)20-15-31)43(47(44(46)53)35-21-16-29(17-22-35)28-6-3-2-4-7-28)38-23-18-33(24-41(38)51)30-10-12-32(13-11-30)42-26-36(49)25-37(27-48)52-42/h2-4,6-7,10-24,36-37,39-40,42-43,48-51H,5,8-9,25-27H2,1H3. The zero-order valence-electron chi connectivity index (χ0n) is 29.6. The molecule has 274 valence electrons. The zero-order chi connectivity index (χ0) is 37.1. The quantitative estimate of drug-likeness (QED) is 0.101. The van der Waals surface area contributed by atoms with E-state index in [9.17, 15) is 24.8 Å². The summed E-state index contributed by atoms with van der Waals surface area (Å²) in [5.41, 5.74) is 7.24. The lowest BCUT2D eigenvalue weighted by atomic mass is 9.91. The Kier molecular flexibility index (Phi) is 11.2. The van der Waals surface area contributed by atoms with Gasteiger partial charge < -0.3 is 35.0 Å². The number of phenolic OH excluding ortho intramolecular Hbond substituents is 1. The van der Waals surface area contributed by atoms with E-state index in [4.69, 9.17) is 17.0 Å². The van der Waals surface area contributed by atoms with Gasteiger partial charge in [-0.3, -0.25) is 0 Å². The molecule has 0 radical (unpaired) electrons. The molecule has 53 heavy (non-hydrogen) atoms. The fourth-order valence-corrected chi connectivity index (χ4v) is 8.14. The number of aromatic hydroxyl groups is 1. The highest BCUT2D eigenvalue weighted by Gasteiger charge is 2.44. The number of anilines is 1. The van der Waals surface area contributed by atoms with Crippen LogP contribution in [0.2, 0.25) is 0 Å². The van der Waals surface area contributed by atoms with Gasteiger partial charge in [0.2, 0.25) is 0 Å². The molecule has 9 heteroatoms. The molecule has 0 spiro atoms. The Bertz CT molecular complexity index is 1990. The van der Waals surface area contributed by atoms with Crippen molar-refractivity contribution in [3.05, 3.63) is 144 Å². The second-order valence-electron chi connectivity index (χ2n) is 14.1. The van der Waals surface area contributed by atoms with E-state index >= 15 is 0 Å². The monoisotopic (exact) mass is 732 g/mol. The summed E-state index contributed by atoms with van der Waals surface area (Å²) in [6.45, 7) is -0.131. The van der Waals surface area contributed by atoms with Crippen molar-refractivity contribution in [3.63, 3.8) is 0 Å². The molecule has 0 saturated carbocycles. The third kappa shape index (κ3) is 8.00. The highest BCUT2D eigenvalue weighted by atomic mass is 32.1. The molecule has 2 aliphatic heterocycles. The molecule has 7 nitrogen and oxygen atoms in total. The summed E-state index contributed by atoms with van der Waals surface area (Å²) in [6.07, 6.45) is 0.824. The predicted octanol–water partition coefficient (Wildman–Crippen LogP) is 8.49. The van der Waals surface area contributed by atoms with Gasteiger partial charge in [0.05, 0.1) is 43.1 Å². The second kappa shape index (κ2) is 16.2. The lowest BCUT2D eigenvalue weighted by Crippen LogP contribution is -2.33. The predicted molar refractivity (Wildman–Crippen MR) is 210 cm³/mol. The summed E-state index contributed by atoms with van der Waals surface area (Å²) < 4.78 is 19.5. The number of aliphatic hydroxyl groups excluding tert-OH is 3. The van der Waals surface area contributed by atoms with Gasteiger partial charge >= 0.3 is 0 Å². The molecule has 0 aromatic heterocycles. The molecular formula is C44H45FN2O5S. The first kappa shape index (κ1) is 36.7. The smallest absolute Gasteiger partial charge is 0.176 e. The number of likely N-dealkylation sites (N-methyl/N-ethyl adjacent to an activating group) is 1. The fraction of sp³-hybridized carbons (Fsp3) is 0.295. The van der Waals surface area contributed by atoms with E-state index in [0.29, 0.717) is 42.8 Å². The van der Waals surface area contributed by atoms with Gasteiger partial charge in [0.25, 0.3) is 0 Å². The maximum absolute atomic E-state index is 13.5. The molecule has 4 N–H and O–H groups in total. The van der Waals surface area contributed by atoms with E-state index in [-0.39, 0.29) is 42.5 Å². The lowest BCUT2D eigenvalue weighted by molar-refractivity contribution is -0.113. The van der Waals surface area contributed by atoms with Gasteiger partial charge in [-0.05, 0) is 95.2 Å². The van der Waals surface area contributed by atoms with E-state index in [0.717, 1.165) is 39.1 Å². The summed E-state index contributed by atoms with van der Waals surface area (Å²) in [5.74, 6) is -0.183. The Balaban J connectivity index is 1.16. The van der Waals surface area contributed by atoms with E-state index in [1.807, 2.05) is 61.6 Å². The largest absolute Gasteiger partial charge is 0.508 e. The van der Waals surface area contributed by atoms with Crippen molar-refractivity contribution < 1.29 is 29.6 Å². The average Bonchev–Trinajstić information content (AvgIpc) is 3.43. The summed E-state index contributed by atoms with van der Waals surface area (Å²) in [6, 6.07) is 37.7. The summed E-state index contributed by atoms with van der Waals surface area (Å²) >= 11 is 6.10. The van der Waals surface area contributed by atoms with Crippen LogP contribution in [-0.4, -0.2) is 62.3 Å². The van der Waals surface area contributed by atoms with Crippen molar-refractivity contribution in [2.45, 2.75) is 68.6 Å². The van der Waals surface area contributed by atoms with Gasteiger partial charge in [0, 0.05) is 31.1 Å². The van der Waals surface area contributed by atoms with Crippen molar-refractivity contribution in [2.24, 2.45) is 0 Å². The number of ether oxygens (including phenoxy) is 1. The topological polar surface area (TPSA) is 96.6 Å². The molecule has 2 heterocycles. The van der Waals surface area contributed by atoms with E-state index in [1.54, 1.807) is 18.2 Å². The molecule has 0 bridgehead atoms. The molecule has 5 aromatic rings. The summed E-state index contributed by atoms with van der Waals surface area (Å²) in [7, 11) is 1.99. The van der Waals surface area contributed by atoms with Crippen LogP contribution in [-0.2, 0) is 4.74 Å². The first-order valence-corrected chi connectivity index (χ1v) is 18.6. The third-order valence-electron chi connectivity index (χ3n) is 10.7. The SMILES string of the molecule is CN1C(=S)N(c2ccc(-c3ccccc3)cc2)C(c2ccc(-c3ccc(C4CC(O)CC(CO)O4)cc3)cc2O)C1CCCC(O)c1ccc(F)cc1. The van der Waals surface area contributed by atoms with E-state index < -0.39 is 12.2 Å². The van der Waals surface area contributed by atoms with Crippen molar-refractivity contribution in [1.29, 1.82) is 0 Å². The van der Waals surface area contributed by atoms with Crippen LogP contribution in [0.5, 0.6) is 5.75 Å². The molecule has 2 saturated heterocycles. The van der Waals surface area contributed by atoms with Crippen molar-refractivity contribution in [3.8, 4) is 28.0 Å². The van der Waals surface area contributed by atoms with Crippen LogP contribution < -0.4 is 4.90 Å². The Labute approximate surface area is 315 Å². The van der Waals surface area contributed by atoms with Crippen molar-refractivity contribution >= 4 is 23.0 Å². The molecule has 7 rings (SSSR count). The number of aliphatic hydroxyl groups is 3. The normalized spacial score (nSPS) is 22.3. The van der Waals surface area contributed by atoms with Gasteiger partial charge in [-0.1, -0.05) is 91.0 Å². The van der Waals surface area contributed by atoms with Crippen molar-refractivity contribution in [1.82, 2.24) is 4.90 Å². The number of hydrogen-bond acceptors (Lipinski definition) is 6. The maximum Gasteiger partial charge on any atom is 0.176 e. The van der Waals surface area contributed by atoms with Crippen LogP contribution in [0.4, 0.5) is 10.1 Å². The van der Waals surface area contributed by atoms with Gasteiger partial charge in [-0.25, -0.2) is 4.39 Å². The molecule has 0 amide bonds. The molecule has 5 aromatic carbocycles. The molecule has 0 aliphatic carbocycles. The molecule has 6 atom stereocenters. The lowest BCUT2D eigenvalue weighted by Gasteiger charge is -2.32. The van der Waals surface area contributed by atoms with Crippen LogP contribution in [0, 0.1) is 5.82 Å². The molecule has 6 unspecified atom stereocenters. The van der Waals surface area contributed by atoms with Crippen LogP contribution >= 0.6 is 12.2 Å². The Morgan fingerprint density at radius 2 is 1.47 bits per heavy atom. The first-order valence-electron chi connectivity index (χ1n) is 18.2. The van der Waals surface area contributed by atoms with Crippen LogP contribution in [0.3, 0.4) is 0 Å². The molecule has 2 fully saturated rings.